The number of hydrogen-bond acceptors (Lipinski definition) is 2. The molecule has 1 heterocycles. The number of ether oxygens (including phenoxy) is 1. The van der Waals surface area contributed by atoms with Gasteiger partial charge in [0, 0.05) is 12.0 Å². The summed E-state index contributed by atoms with van der Waals surface area (Å²) in [5.74, 6) is 0.659. The minimum Gasteiger partial charge on any atom is -0.378 e. The summed E-state index contributed by atoms with van der Waals surface area (Å²) in [7, 11) is 0. The molecule has 18 heavy (non-hydrogen) atoms. The Labute approximate surface area is 111 Å². The molecule has 2 rings (SSSR count). The molecule has 0 radical (unpaired) electrons. The Bertz CT molecular complexity index is 338. The Kier molecular flexibility index (Phi) is 5.21. The summed E-state index contributed by atoms with van der Waals surface area (Å²) < 4.78 is 5.72. The van der Waals surface area contributed by atoms with Gasteiger partial charge in [-0.3, -0.25) is 0 Å². The van der Waals surface area contributed by atoms with E-state index in [1.807, 2.05) is 0 Å². The third-order valence-corrected chi connectivity index (χ3v) is 3.75. The lowest BCUT2D eigenvalue weighted by molar-refractivity contribution is 0.117. The van der Waals surface area contributed by atoms with Crippen LogP contribution in [0.5, 0.6) is 0 Å². The molecule has 1 fully saturated rings. The van der Waals surface area contributed by atoms with Crippen molar-refractivity contribution in [2.75, 3.05) is 13.2 Å². The van der Waals surface area contributed by atoms with Crippen molar-refractivity contribution in [2.24, 2.45) is 5.92 Å². The molecule has 0 amide bonds. The molecule has 1 saturated heterocycles. The first kappa shape index (κ1) is 13.6. The van der Waals surface area contributed by atoms with Gasteiger partial charge in [-0.15, -0.1) is 0 Å². The summed E-state index contributed by atoms with van der Waals surface area (Å²) in [5, 5.41) is 3.70. The van der Waals surface area contributed by atoms with Crippen LogP contribution in [-0.4, -0.2) is 25.3 Å². The third kappa shape index (κ3) is 3.82. The molecule has 100 valence electrons. The molecular formula is C16H25NO. The van der Waals surface area contributed by atoms with Crippen molar-refractivity contribution in [1.82, 2.24) is 5.32 Å². The lowest BCUT2D eigenvalue weighted by Crippen LogP contribution is -2.39. The van der Waals surface area contributed by atoms with Crippen molar-refractivity contribution >= 4 is 0 Å². The number of hydrogen-bond donors (Lipinski definition) is 1. The molecule has 0 saturated carbocycles. The lowest BCUT2D eigenvalue weighted by Gasteiger charge is -2.24. The van der Waals surface area contributed by atoms with Gasteiger partial charge in [0.1, 0.15) is 0 Å². The average Bonchev–Trinajstić information content (AvgIpc) is 2.82. The Morgan fingerprint density at radius 2 is 2.11 bits per heavy atom. The summed E-state index contributed by atoms with van der Waals surface area (Å²) >= 11 is 0. The van der Waals surface area contributed by atoms with Gasteiger partial charge in [-0.2, -0.15) is 0 Å². The maximum atomic E-state index is 5.72. The zero-order valence-corrected chi connectivity index (χ0v) is 11.6. The maximum absolute atomic E-state index is 5.72. The molecule has 3 atom stereocenters. The average molecular weight is 247 g/mol. The predicted molar refractivity (Wildman–Crippen MR) is 75.7 cm³/mol. The van der Waals surface area contributed by atoms with Crippen LogP contribution in [0.25, 0.3) is 0 Å². The van der Waals surface area contributed by atoms with E-state index in [-0.39, 0.29) is 0 Å². The second kappa shape index (κ2) is 6.91. The van der Waals surface area contributed by atoms with Crippen molar-refractivity contribution in [3.05, 3.63) is 35.9 Å². The fourth-order valence-electron chi connectivity index (χ4n) is 2.73. The van der Waals surface area contributed by atoms with Gasteiger partial charge in [0.2, 0.25) is 0 Å². The van der Waals surface area contributed by atoms with Crippen LogP contribution >= 0.6 is 0 Å². The molecule has 1 aliphatic heterocycles. The summed E-state index contributed by atoms with van der Waals surface area (Å²) in [6.45, 7) is 6.41. The normalized spacial score (nSPS) is 25.2. The first-order valence-electron chi connectivity index (χ1n) is 7.18. The molecule has 1 aromatic rings. The molecule has 0 aliphatic carbocycles. The topological polar surface area (TPSA) is 21.3 Å². The van der Waals surface area contributed by atoms with Crippen LogP contribution in [0.2, 0.25) is 0 Å². The molecule has 1 aromatic carbocycles. The van der Waals surface area contributed by atoms with Crippen LogP contribution in [0.15, 0.2) is 30.3 Å². The quantitative estimate of drug-likeness (QED) is 0.834. The molecule has 2 nitrogen and oxygen atoms in total. The predicted octanol–water partition coefficient (Wildman–Crippen LogP) is 3.02. The van der Waals surface area contributed by atoms with E-state index in [4.69, 9.17) is 4.74 Å². The van der Waals surface area contributed by atoms with Gasteiger partial charge in [-0.25, -0.2) is 0 Å². The van der Waals surface area contributed by atoms with Crippen LogP contribution < -0.4 is 5.32 Å². The van der Waals surface area contributed by atoms with Crippen LogP contribution in [0.1, 0.15) is 32.3 Å². The molecule has 1 aliphatic rings. The first-order valence-corrected chi connectivity index (χ1v) is 7.18. The van der Waals surface area contributed by atoms with Crippen LogP contribution in [0.4, 0.5) is 0 Å². The van der Waals surface area contributed by atoms with Crippen LogP contribution in [0.3, 0.4) is 0 Å². The fraction of sp³-hybridized carbons (Fsp3) is 0.625. The highest BCUT2D eigenvalue weighted by Gasteiger charge is 2.29. The standard InChI is InChI=1S/C16H25NO/c1-3-9-17-16(15-10-13(2)18-12-15)11-14-7-5-4-6-8-14/h4-8,13,15-17H,3,9-12H2,1-2H3. The molecule has 0 bridgehead atoms. The smallest absolute Gasteiger partial charge is 0.0551 e. The largest absolute Gasteiger partial charge is 0.378 e. The van der Waals surface area contributed by atoms with Crippen LogP contribution in [0, 0.1) is 5.92 Å². The van der Waals surface area contributed by atoms with E-state index in [1.54, 1.807) is 0 Å². The number of benzene rings is 1. The maximum Gasteiger partial charge on any atom is 0.0551 e. The minimum atomic E-state index is 0.427. The van der Waals surface area contributed by atoms with Gasteiger partial charge in [0.15, 0.2) is 0 Å². The van der Waals surface area contributed by atoms with Gasteiger partial charge in [-0.1, -0.05) is 37.3 Å². The Hall–Kier alpha value is -0.860. The van der Waals surface area contributed by atoms with Gasteiger partial charge in [-0.05, 0) is 38.3 Å². The van der Waals surface area contributed by atoms with E-state index in [0.717, 1.165) is 19.6 Å². The Morgan fingerprint density at radius 1 is 1.33 bits per heavy atom. The number of rotatable bonds is 6. The van der Waals surface area contributed by atoms with Crippen molar-refractivity contribution in [3.8, 4) is 0 Å². The van der Waals surface area contributed by atoms with E-state index in [9.17, 15) is 0 Å². The van der Waals surface area contributed by atoms with Gasteiger partial charge >= 0.3 is 0 Å². The molecule has 0 aromatic heterocycles. The zero-order valence-electron chi connectivity index (χ0n) is 11.6. The van der Waals surface area contributed by atoms with E-state index < -0.39 is 0 Å². The Morgan fingerprint density at radius 3 is 2.72 bits per heavy atom. The summed E-state index contributed by atoms with van der Waals surface area (Å²) in [4.78, 5) is 0. The molecular weight excluding hydrogens is 222 g/mol. The highest BCUT2D eigenvalue weighted by atomic mass is 16.5. The molecule has 2 heteroatoms. The number of nitrogens with one attached hydrogen (secondary N) is 1. The first-order chi connectivity index (χ1) is 8.79. The summed E-state index contributed by atoms with van der Waals surface area (Å²) in [6.07, 6.45) is 3.92. The van der Waals surface area contributed by atoms with Gasteiger partial charge in [0.25, 0.3) is 0 Å². The van der Waals surface area contributed by atoms with Gasteiger partial charge < -0.3 is 10.1 Å². The van der Waals surface area contributed by atoms with Crippen molar-refractivity contribution in [1.29, 1.82) is 0 Å². The monoisotopic (exact) mass is 247 g/mol. The SMILES string of the molecule is CCCNC(Cc1ccccc1)C1COC(C)C1. The summed E-state index contributed by atoms with van der Waals surface area (Å²) in [6, 6.07) is 11.3. The van der Waals surface area contributed by atoms with E-state index in [1.165, 1.54) is 18.4 Å². The lowest BCUT2D eigenvalue weighted by atomic mass is 9.91. The highest BCUT2D eigenvalue weighted by molar-refractivity contribution is 5.16. The molecule has 0 spiro atoms. The van der Waals surface area contributed by atoms with E-state index >= 15 is 0 Å². The highest BCUT2D eigenvalue weighted by Crippen LogP contribution is 2.24. The zero-order chi connectivity index (χ0) is 12.8. The minimum absolute atomic E-state index is 0.427. The van der Waals surface area contributed by atoms with Crippen molar-refractivity contribution < 1.29 is 4.74 Å². The fourth-order valence-corrected chi connectivity index (χ4v) is 2.73. The van der Waals surface area contributed by atoms with Crippen molar-refractivity contribution in [3.63, 3.8) is 0 Å². The second-order valence-electron chi connectivity index (χ2n) is 5.39. The van der Waals surface area contributed by atoms with Crippen molar-refractivity contribution in [2.45, 2.75) is 45.3 Å². The van der Waals surface area contributed by atoms with E-state index in [2.05, 4.69) is 49.5 Å². The molecule has 1 N–H and O–H groups in total. The third-order valence-electron chi connectivity index (χ3n) is 3.75. The van der Waals surface area contributed by atoms with E-state index in [0.29, 0.717) is 18.1 Å². The van der Waals surface area contributed by atoms with Crippen LogP contribution in [-0.2, 0) is 11.2 Å². The second-order valence-corrected chi connectivity index (χ2v) is 5.39. The van der Waals surface area contributed by atoms with Gasteiger partial charge in [0.05, 0.1) is 12.7 Å². The molecule has 3 unspecified atom stereocenters. The Balaban J connectivity index is 1.96. The summed E-state index contributed by atoms with van der Waals surface area (Å²) in [5.41, 5.74) is 1.42.